The van der Waals surface area contributed by atoms with Crippen LogP contribution in [0.25, 0.3) is 0 Å². The number of anilines is 3. The van der Waals surface area contributed by atoms with Crippen molar-refractivity contribution in [3.63, 3.8) is 0 Å². The monoisotopic (exact) mass is 431 g/mol. The molecule has 1 aromatic carbocycles. The quantitative estimate of drug-likeness (QED) is 0.661. The van der Waals surface area contributed by atoms with Gasteiger partial charge >= 0.3 is 0 Å². The number of amides is 1. The summed E-state index contributed by atoms with van der Waals surface area (Å²) in [5, 5.41) is 3.15. The number of rotatable bonds is 5. The van der Waals surface area contributed by atoms with Gasteiger partial charge in [-0.15, -0.1) is 0 Å². The summed E-state index contributed by atoms with van der Waals surface area (Å²) in [5.74, 6) is 2.19. The number of hydrogen-bond acceptors (Lipinski definition) is 7. The van der Waals surface area contributed by atoms with Gasteiger partial charge in [0.2, 0.25) is 5.95 Å². The smallest absolute Gasteiger partial charge is 0.253 e. The predicted molar refractivity (Wildman–Crippen MR) is 125 cm³/mol. The van der Waals surface area contributed by atoms with Gasteiger partial charge in [-0.1, -0.05) is 13.0 Å². The van der Waals surface area contributed by atoms with Crippen LogP contribution in [0, 0.1) is 6.92 Å². The Balaban J connectivity index is 1.55. The first-order valence-corrected chi connectivity index (χ1v) is 10.8. The summed E-state index contributed by atoms with van der Waals surface area (Å²) in [6.45, 7) is 5.45. The van der Waals surface area contributed by atoms with E-state index in [0.717, 1.165) is 42.4 Å². The normalized spacial score (nSPS) is 18.3. The number of benzene rings is 1. The van der Waals surface area contributed by atoms with Gasteiger partial charge in [-0.2, -0.15) is 0 Å². The molecule has 0 aliphatic carbocycles. The maximum absolute atomic E-state index is 13.4. The van der Waals surface area contributed by atoms with E-state index < -0.39 is 0 Å². The summed E-state index contributed by atoms with van der Waals surface area (Å²) in [4.78, 5) is 35.2. The largest absolute Gasteiger partial charge is 0.363 e. The molecule has 1 atom stereocenters. The van der Waals surface area contributed by atoms with Crippen molar-refractivity contribution in [1.82, 2.24) is 24.8 Å². The summed E-state index contributed by atoms with van der Waals surface area (Å²) in [6.07, 6.45) is 5.20. The summed E-state index contributed by atoms with van der Waals surface area (Å²) in [7, 11) is 3.96. The highest BCUT2D eigenvalue weighted by Crippen LogP contribution is 2.33. The molecule has 32 heavy (non-hydrogen) atoms. The van der Waals surface area contributed by atoms with Crippen molar-refractivity contribution >= 4 is 23.4 Å². The van der Waals surface area contributed by atoms with Crippen LogP contribution in [0.3, 0.4) is 0 Å². The van der Waals surface area contributed by atoms with Gasteiger partial charge in [-0.3, -0.25) is 4.79 Å². The number of carbonyl (C=O) groups excluding carboxylic acids is 1. The number of nitrogens with zero attached hydrogens (tertiary/aromatic N) is 6. The molecule has 0 saturated carbocycles. The summed E-state index contributed by atoms with van der Waals surface area (Å²) >= 11 is 0. The van der Waals surface area contributed by atoms with Gasteiger partial charge in [0, 0.05) is 68.0 Å². The van der Waals surface area contributed by atoms with Gasteiger partial charge in [-0.05, 0) is 44.0 Å². The van der Waals surface area contributed by atoms with E-state index in [1.54, 1.807) is 18.5 Å². The van der Waals surface area contributed by atoms with E-state index in [2.05, 4.69) is 22.2 Å². The molecule has 4 rings (SSSR count). The third-order valence-corrected chi connectivity index (χ3v) is 5.75. The van der Waals surface area contributed by atoms with Crippen LogP contribution in [-0.2, 0) is 5.41 Å². The Kier molecular flexibility index (Phi) is 6.03. The van der Waals surface area contributed by atoms with Gasteiger partial charge < -0.3 is 15.1 Å². The molecule has 1 unspecified atom stereocenters. The molecule has 1 aliphatic heterocycles. The van der Waals surface area contributed by atoms with Crippen molar-refractivity contribution in [1.29, 1.82) is 0 Å². The fourth-order valence-electron chi connectivity index (χ4n) is 4.05. The average Bonchev–Trinajstić information content (AvgIpc) is 2.79. The van der Waals surface area contributed by atoms with E-state index in [0.29, 0.717) is 18.1 Å². The van der Waals surface area contributed by atoms with Crippen LogP contribution in [0.15, 0.2) is 48.8 Å². The van der Waals surface area contributed by atoms with Crippen molar-refractivity contribution in [2.75, 3.05) is 37.4 Å². The highest BCUT2D eigenvalue weighted by atomic mass is 16.2. The highest BCUT2D eigenvalue weighted by Gasteiger charge is 2.37. The van der Waals surface area contributed by atoms with Crippen molar-refractivity contribution < 1.29 is 4.79 Å². The molecule has 8 nitrogen and oxygen atoms in total. The fourth-order valence-corrected chi connectivity index (χ4v) is 4.05. The molecule has 166 valence electrons. The maximum Gasteiger partial charge on any atom is 0.253 e. The first kappa shape index (κ1) is 21.7. The first-order valence-electron chi connectivity index (χ1n) is 10.8. The van der Waals surface area contributed by atoms with Crippen LogP contribution < -0.4 is 10.2 Å². The zero-order valence-corrected chi connectivity index (χ0v) is 19.0. The lowest BCUT2D eigenvalue weighted by molar-refractivity contribution is 0.0644. The van der Waals surface area contributed by atoms with Gasteiger partial charge in [0.1, 0.15) is 11.6 Å². The van der Waals surface area contributed by atoms with Crippen LogP contribution >= 0.6 is 0 Å². The minimum atomic E-state index is -0.293. The molecule has 1 amide bonds. The molecule has 8 heteroatoms. The molecule has 1 saturated heterocycles. The van der Waals surface area contributed by atoms with E-state index in [1.165, 1.54) is 0 Å². The molecular weight excluding hydrogens is 402 g/mol. The lowest BCUT2D eigenvalue weighted by Crippen LogP contribution is -2.48. The van der Waals surface area contributed by atoms with Crippen molar-refractivity contribution in [3.8, 4) is 0 Å². The number of aryl methyl sites for hydroxylation is 1. The second-order valence-corrected chi connectivity index (χ2v) is 8.75. The average molecular weight is 432 g/mol. The zero-order valence-electron chi connectivity index (χ0n) is 19.0. The summed E-state index contributed by atoms with van der Waals surface area (Å²) < 4.78 is 0. The molecule has 1 fully saturated rings. The SMILES string of the molecule is Cc1cc(N(C)C)nc(C2(C)CCCN(C(=O)c3cccc(Nc4ncccn4)c3)C2)n1. The van der Waals surface area contributed by atoms with E-state index in [1.807, 2.05) is 61.2 Å². The van der Waals surface area contributed by atoms with Gasteiger partial charge in [0.25, 0.3) is 5.91 Å². The second-order valence-electron chi connectivity index (χ2n) is 8.75. The standard InChI is InChI=1S/C24H29N7O/c1-17-14-20(30(3)4)29-22(27-17)24(2)10-6-13-31(16-24)21(32)18-8-5-9-19(15-18)28-23-25-11-7-12-26-23/h5,7-9,11-12,14-15H,6,10,13,16H2,1-4H3,(H,25,26,28). The molecule has 3 heterocycles. The number of hydrogen-bond donors (Lipinski definition) is 1. The van der Waals surface area contributed by atoms with Crippen LogP contribution in [0.1, 0.15) is 41.6 Å². The second kappa shape index (κ2) is 8.90. The van der Waals surface area contributed by atoms with Crippen molar-refractivity contribution in [2.45, 2.75) is 32.1 Å². The van der Waals surface area contributed by atoms with Crippen LogP contribution in [0.2, 0.25) is 0 Å². The van der Waals surface area contributed by atoms with E-state index in [4.69, 9.17) is 9.97 Å². The topological polar surface area (TPSA) is 87.1 Å². The lowest BCUT2D eigenvalue weighted by Gasteiger charge is -2.39. The van der Waals surface area contributed by atoms with Gasteiger partial charge in [0.15, 0.2) is 0 Å². The van der Waals surface area contributed by atoms with Gasteiger partial charge in [-0.25, -0.2) is 19.9 Å². The molecule has 0 spiro atoms. The van der Waals surface area contributed by atoms with E-state index >= 15 is 0 Å². The summed E-state index contributed by atoms with van der Waals surface area (Å²) in [6, 6.07) is 11.2. The molecule has 0 radical (unpaired) electrons. The Hall–Kier alpha value is -3.55. The third kappa shape index (κ3) is 4.69. The number of piperidine rings is 1. The van der Waals surface area contributed by atoms with Gasteiger partial charge in [0.05, 0.1) is 0 Å². The van der Waals surface area contributed by atoms with Crippen molar-refractivity contribution in [3.05, 3.63) is 65.9 Å². The number of carbonyl (C=O) groups is 1. The van der Waals surface area contributed by atoms with E-state index in [9.17, 15) is 4.79 Å². The Morgan fingerprint density at radius 1 is 1.12 bits per heavy atom. The van der Waals surface area contributed by atoms with E-state index in [-0.39, 0.29) is 11.3 Å². The molecule has 1 aliphatic rings. The Morgan fingerprint density at radius 3 is 2.66 bits per heavy atom. The minimum Gasteiger partial charge on any atom is -0.363 e. The highest BCUT2D eigenvalue weighted by molar-refractivity contribution is 5.95. The number of likely N-dealkylation sites (tertiary alicyclic amines) is 1. The Bertz CT molecular complexity index is 1100. The summed E-state index contributed by atoms with van der Waals surface area (Å²) in [5.41, 5.74) is 2.05. The molecular formula is C24H29N7O. The van der Waals surface area contributed by atoms with Crippen molar-refractivity contribution in [2.24, 2.45) is 0 Å². The molecule has 2 aromatic heterocycles. The Morgan fingerprint density at radius 2 is 1.91 bits per heavy atom. The molecule has 3 aromatic rings. The minimum absolute atomic E-state index is 0.00837. The lowest BCUT2D eigenvalue weighted by atomic mass is 9.80. The Labute approximate surface area is 188 Å². The van der Waals surface area contributed by atoms with Crippen LogP contribution in [-0.4, -0.2) is 57.9 Å². The number of nitrogens with one attached hydrogen (secondary N) is 1. The molecule has 1 N–H and O–H groups in total. The fraction of sp³-hybridized carbons (Fsp3) is 0.375. The zero-order chi connectivity index (χ0) is 22.7. The van der Waals surface area contributed by atoms with Crippen LogP contribution in [0.5, 0.6) is 0 Å². The first-order chi connectivity index (χ1) is 15.3. The maximum atomic E-state index is 13.4. The number of aromatic nitrogens is 4. The predicted octanol–water partition coefficient (Wildman–Crippen LogP) is 3.58. The van der Waals surface area contributed by atoms with Crippen LogP contribution in [0.4, 0.5) is 17.5 Å². The molecule has 0 bridgehead atoms. The third-order valence-electron chi connectivity index (χ3n) is 5.75.